The lowest BCUT2D eigenvalue weighted by molar-refractivity contribution is -0.594. The molecule has 0 heterocycles. The first kappa shape index (κ1) is 8.40. The summed E-state index contributed by atoms with van der Waals surface area (Å²) in [4.78, 5) is 19.2. The van der Waals surface area contributed by atoms with Crippen molar-refractivity contribution in [3.63, 3.8) is 0 Å². The number of nitrogens with zero attached hydrogens (tertiary/aromatic N) is 2. The summed E-state index contributed by atoms with van der Waals surface area (Å²) in [7, 11) is 0. The molecule has 8 nitrogen and oxygen atoms in total. The molecule has 8 heteroatoms. The van der Waals surface area contributed by atoms with Gasteiger partial charge in [-0.25, -0.2) is 20.2 Å². The van der Waals surface area contributed by atoms with E-state index in [1.54, 1.807) is 10.9 Å². The molecule has 0 aliphatic carbocycles. The standard InChI is InChI=1S/C2H6N4O4/c1-2(3-5(7)8)4-6(9)10/h2-4H,1H3. The van der Waals surface area contributed by atoms with Crippen molar-refractivity contribution in [1.82, 2.24) is 10.9 Å². The van der Waals surface area contributed by atoms with Crippen LogP contribution >= 0.6 is 0 Å². The second-order valence-electron chi connectivity index (χ2n) is 1.49. The second-order valence-corrected chi connectivity index (χ2v) is 1.49. The molecule has 58 valence electrons. The van der Waals surface area contributed by atoms with Gasteiger partial charge in [-0.1, -0.05) is 0 Å². The maximum Gasteiger partial charge on any atom is 0.209 e. The highest BCUT2D eigenvalue weighted by molar-refractivity contribution is 4.37. The quantitative estimate of drug-likeness (QED) is 0.299. The van der Waals surface area contributed by atoms with Crippen molar-refractivity contribution in [3.8, 4) is 0 Å². The highest BCUT2D eigenvalue weighted by Gasteiger charge is 2.09. The van der Waals surface area contributed by atoms with Crippen LogP contribution in [0.15, 0.2) is 0 Å². The minimum atomic E-state index is -0.981. The summed E-state index contributed by atoms with van der Waals surface area (Å²) < 4.78 is 0. The Morgan fingerprint density at radius 3 is 1.70 bits per heavy atom. The Morgan fingerprint density at radius 1 is 1.20 bits per heavy atom. The van der Waals surface area contributed by atoms with Crippen LogP contribution in [0, 0.1) is 20.2 Å². The fraction of sp³-hybridized carbons (Fsp3) is 1.00. The number of nitrogens with one attached hydrogen (secondary N) is 2. The Bertz CT molecular complexity index is 130. The van der Waals surface area contributed by atoms with Crippen LogP contribution < -0.4 is 10.9 Å². The Labute approximate surface area is 55.5 Å². The third kappa shape index (κ3) is 4.56. The fourth-order valence-corrected chi connectivity index (χ4v) is 0.345. The molecule has 0 aromatic carbocycles. The number of hydrogen-bond donors (Lipinski definition) is 2. The van der Waals surface area contributed by atoms with Gasteiger partial charge in [-0.15, -0.1) is 10.9 Å². The smallest absolute Gasteiger partial charge is 0.209 e. The molecule has 0 atom stereocenters. The van der Waals surface area contributed by atoms with Gasteiger partial charge in [-0.3, -0.25) is 0 Å². The molecule has 0 aromatic rings. The summed E-state index contributed by atoms with van der Waals surface area (Å²) in [5, 5.41) is 17.5. The van der Waals surface area contributed by atoms with E-state index >= 15 is 0 Å². The lowest BCUT2D eigenvalue weighted by Crippen LogP contribution is -2.45. The van der Waals surface area contributed by atoms with Gasteiger partial charge in [0.05, 0.1) is 0 Å². The van der Waals surface area contributed by atoms with Gasteiger partial charge in [0, 0.05) is 0 Å². The van der Waals surface area contributed by atoms with E-state index in [4.69, 9.17) is 0 Å². The number of hydrazine groups is 2. The van der Waals surface area contributed by atoms with Crippen molar-refractivity contribution >= 4 is 0 Å². The van der Waals surface area contributed by atoms with Crippen molar-refractivity contribution < 1.29 is 10.1 Å². The van der Waals surface area contributed by atoms with E-state index in [2.05, 4.69) is 0 Å². The second kappa shape index (κ2) is 3.43. The first-order chi connectivity index (χ1) is 4.52. The first-order valence-electron chi connectivity index (χ1n) is 2.33. The molecule has 0 saturated carbocycles. The van der Waals surface area contributed by atoms with Crippen LogP contribution in [-0.2, 0) is 0 Å². The molecule has 0 aliphatic heterocycles. The van der Waals surface area contributed by atoms with Gasteiger partial charge in [-0.2, -0.15) is 0 Å². The third-order valence-corrected chi connectivity index (χ3v) is 0.598. The predicted molar refractivity (Wildman–Crippen MR) is 29.7 cm³/mol. The zero-order chi connectivity index (χ0) is 8.15. The molecule has 0 unspecified atom stereocenters. The van der Waals surface area contributed by atoms with Gasteiger partial charge < -0.3 is 0 Å². The Hall–Kier alpha value is -1.60. The summed E-state index contributed by atoms with van der Waals surface area (Å²) in [6, 6.07) is 0. The van der Waals surface area contributed by atoms with E-state index in [9.17, 15) is 20.2 Å². The summed E-state index contributed by atoms with van der Waals surface area (Å²) in [5.41, 5.74) is 3.29. The molecule has 0 amide bonds. The molecule has 0 aliphatic rings. The molecular weight excluding hydrogens is 144 g/mol. The summed E-state index contributed by atoms with van der Waals surface area (Å²) in [6.07, 6.45) is -0.981. The lowest BCUT2D eigenvalue weighted by atomic mass is 10.6. The average molecular weight is 150 g/mol. The first-order valence-corrected chi connectivity index (χ1v) is 2.33. The normalized spacial score (nSPS) is 9.00. The number of nitro groups is 2. The topological polar surface area (TPSA) is 110 Å². The molecule has 0 fully saturated rings. The van der Waals surface area contributed by atoms with Crippen molar-refractivity contribution in [1.29, 1.82) is 0 Å². The van der Waals surface area contributed by atoms with Crippen molar-refractivity contribution in [2.45, 2.75) is 13.1 Å². The molecule has 0 saturated heterocycles. The Morgan fingerprint density at radius 2 is 1.50 bits per heavy atom. The molecule has 0 spiro atoms. The molecule has 2 N–H and O–H groups in total. The third-order valence-electron chi connectivity index (χ3n) is 0.598. The van der Waals surface area contributed by atoms with E-state index in [1.807, 2.05) is 0 Å². The molecular formula is C2H6N4O4. The lowest BCUT2D eigenvalue weighted by Gasteiger charge is -2.02. The van der Waals surface area contributed by atoms with E-state index in [0.717, 1.165) is 0 Å². The minimum Gasteiger partial charge on any atom is -0.235 e. The van der Waals surface area contributed by atoms with E-state index in [-0.39, 0.29) is 0 Å². The van der Waals surface area contributed by atoms with Crippen LogP contribution in [0.3, 0.4) is 0 Å². The van der Waals surface area contributed by atoms with Crippen LogP contribution in [0.4, 0.5) is 0 Å². The minimum absolute atomic E-state index is 0.860. The van der Waals surface area contributed by atoms with Crippen LogP contribution in [0.1, 0.15) is 6.92 Å². The highest BCUT2D eigenvalue weighted by atomic mass is 16.7. The molecule has 0 radical (unpaired) electrons. The molecule has 0 rings (SSSR count). The van der Waals surface area contributed by atoms with Gasteiger partial charge in [0.2, 0.25) is 6.17 Å². The van der Waals surface area contributed by atoms with Gasteiger partial charge >= 0.3 is 0 Å². The molecule has 0 bridgehead atoms. The van der Waals surface area contributed by atoms with Crippen molar-refractivity contribution in [3.05, 3.63) is 20.2 Å². The van der Waals surface area contributed by atoms with E-state index < -0.39 is 16.2 Å². The maximum atomic E-state index is 9.62. The zero-order valence-corrected chi connectivity index (χ0v) is 5.10. The zero-order valence-electron chi connectivity index (χ0n) is 5.10. The van der Waals surface area contributed by atoms with Crippen LogP contribution in [0.25, 0.3) is 0 Å². The summed E-state index contributed by atoms with van der Waals surface area (Å²) >= 11 is 0. The number of hydrogen-bond acceptors (Lipinski definition) is 4. The van der Waals surface area contributed by atoms with Gasteiger partial charge in [0.15, 0.2) is 10.1 Å². The number of rotatable bonds is 4. The van der Waals surface area contributed by atoms with E-state index in [0.29, 0.717) is 0 Å². The summed E-state index contributed by atoms with van der Waals surface area (Å²) in [5.74, 6) is 0. The Kier molecular flexibility index (Phi) is 2.88. The fourth-order valence-electron chi connectivity index (χ4n) is 0.345. The largest absolute Gasteiger partial charge is 0.235 e. The van der Waals surface area contributed by atoms with Crippen molar-refractivity contribution in [2.75, 3.05) is 0 Å². The van der Waals surface area contributed by atoms with Crippen molar-refractivity contribution in [2.24, 2.45) is 0 Å². The SMILES string of the molecule is CC(N[N+](=O)[O-])N[N+](=O)[O-]. The Balaban J connectivity index is 3.53. The molecule has 0 aromatic heterocycles. The van der Waals surface area contributed by atoms with Gasteiger partial charge in [0.25, 0.3) is 0 Å². The monoisotopic (exact) mass is 150 g/mol. The van der Waals surface area contributed by atoms with Crippen LogP contribution in [-0.4, -0.2) is 16.2 Å². The van der Waals surface area contributed by atoms with E-state index in [1.165, 1.54) is 6.92 Å². The maximum absolute atomic E-state index is 9.62. The summed E-state index contributed by atoms with van der Waals surface area (Å²) in [6.45, 7) is 1.26. The average Bonchev–Trinajstić information content (AvgIpc) is 1.58. The van der Waals surface area contributed by atoms with Gasteiger partial charge in [-0.05, 0) is 6.92 Å². The molecule has 10 heavy (non-hydrogen) atoms. The van der Waals surface area contributed by atoms with Gasteiger partial charge in [0.1, 0.15) is 0 Å². The van der Waals surface area contributed by atoms with Crippen LogP contribution in [0.2, 0.25) is 0 Å². The highest BCUT2D eigenvalue weighted by Crippen LogP contribution is 1.72. The van der Waals surface area contributed by atoms with Crippen LogP contribution in [0.5, 0.6) is 0 Å². The predicted octanol–water partition coefficient (Wildman–Crippen LogP) is -1.10.